The van der Waals surface area contributed by atoms with Crippen molar-refractivity contribution in [3.8, 4) is 0 Å². The van der Waals surface area contributed by atoms with E-state index < -0.39 is 29.4 Å². The van der Waals surface area contributed by atoms with Crippen molar-refractivity contribution in [2.75, 3.05) is 0 Å². The van der Waals surface area contributed by atoms with Gasteiger partial charge in [0.05, 0.1) is 6.10 Å². The Hall–Kier alpha value is -1.50. The highest BCUT2D eigenvalue weighted by Crippen LogP contribution is 2.46. The third-order valence-electron chi connectivity index (χ3n) is 2.93. The zero-order chi connectivity index (χ0) is 12.8. The number of carboxylic acid groups (broad SMARTS) is 1. The van der Waals surface area contributed by atoms with E-state index >= 15 is 0 Å². The number of hydrogen-bond acceptors (Lipinski definition) is 3. The molecule has 1 aliphatic rings. The van der Waals surface area contributed by atoms with E-state index in [0.29, 0.717) is 6.07 Å². The molecule has 7 heteroatoms. The van der Waals surface area contributed by atoms with E-state index in [1.165, 1.54) is 0 Å². The van der Waals surface area contributed by atoms with Gasteiger partial charge < -0.3 is 14.6 Å². The highest BCUT2D eigenvalue weighted by Gasteiger charge is 2.54. The van der Waals surface area contributed by atoms with Gasteiger partial charge in [0, 0.05) is 0 Å². The Morgan fingerprint density at radius 1 is 1.41 bits per heavy atom. The van der Waals surface area contributed by atoms with Gasteiger partial charge in [-0.25, -0.2) is 0 Å². The zero-order valence-electron chi connectivity index (χ0n) is 8.49. The van der Waals surface area contributed by atoms with E-state index in [1.807, 2.05) is 0 Å². The second-order valence-electron chi connectivity index (χ2n) is 4.11. The first-order chi connectivity index (χ1) is 7.75. The Kier molecular flexibility index (Phi) is 2.46. The summed E-state index contributed by atoms with van der Waals surface area (Å²) in [5, 5.41) is 18.1. The second-order valence-corrected chi connectivity index (χ2v) is 4.11. The van der Waals surface area contributed by atoms with Gasteiger partial charge in [-0.2, -0.15) is 13.2 Å². The molecule has 0 amide bonds. The molecule has 1 aliphatic carbocycles. The van der Waals surface area contributed by atoms with Crippen molar-refractivity contribution in [3.05, 3.63) is 23.7 Å². The molecule has 17 heavy (non-hydrogen) atoms. The fourth-order valence-corrected chi connectivity index (χ4v) is 1.97. The molecule has 2 N–H and O–H groups in total. The number of halogens is 3. The zero-order valence-corrected chi connectivity index (χ0v) is 8.49. The molecule has 0 unspecified atom stereocenters. The average molecular weight is 250 g/mol. The van der Waals surface area contributed by atoms with Crippen molar-refractivity contribution in [2.45, 2.75) is 30.5 Å². The van der Waals surface area contributed by atoms with Gasteiger partial charge in [-0.1, -0.05) is 0 Å². The Morgan fingerprint density at radius 3 is 2.35 bits per heavy atom. The quantitative estimate of drug-likeness (QED) is 0.839. The molecule has 1 saturated carbocycles. The Bertz CT molecular complexity index is 443. The van der Waals surface area contributed by atoms with E-state index in [4.69, 9.17) is 10.2 Å². The van der Waals surface area contributed by atoms with Gasteiger partial charge in [0.15, 0.2) is 0 Å². The van der Waals surface area contributed by atoms with Crippen LogP contribution in [0.25, 0.3) is 0 Å². The number of rotatable bonds is 2. The van der Waals surface area contributed by atoms with E-state index in [2.05, 4.69) is 4.42 Å². The van der Waals surface area contributed by atoms with Crippen LogP contribution in [0.3, 0.4) is 0 Å². The molecular formula is C10H9F3O4. The minimum atomic E-state index is -4.64. The van der Waals surface area contributed by atoms with Crippen LogP contribution in [0.4, 0.5) is 13.2 Å². The molecule has 4 nitrogen and oxygen atoms in total. The molecule has 1 aromatic rings. The summed E-state index contributed by atoms with van der Waals surface area (Å²) in [5.41, 5.74) is -1.52. The van der Waals surface area contributed by atoms with E-state index in [-0.39, 0.29) is 18.6 Å². The minimum Gasteiger partial charge on any atom is -0.480 e. The molecule has 0 radical (unpaired) electrons. The van der Waals surface area contributed by atoms with Gasteiger partial charge in [-0.15, -0.1) is 0 Å². The lowest BCUT2D eigenvalue weighted by molar-refractivity contribution is -0.160. The van der Waals surface area contributed by atoms with E-state index in [1.54, 1.807) is 0 Å². The number of aliphatic hydroxyl groups excluding tert-OH is 1. The highest BCUT2D eigenvalue weighted by atomic mass is 19.4. The standard InChI is InChI=1S/C10H9F3O4/c11-10(12,13)7-2-1-6(17-7)9(8(15)16)3-5(14)4-9/h1-2,5,14H,3-4H2,(H,15,16). The van der Waals surface area contributed by atoms with Crippen LogP contribution in [0.2, 0.25) is 0 Å². The highest BCUT2D eigenvalue weighted by molar-refractivity contribution is 5.82. The third-order valence-corrected chi connectivity index (χ3v) is 2.93. The van der Waals surface area contributed by atoms with Crippen molar-refractivity contribution in [2.24, 2.45) is 0 Å². The molecule has 0 aromatic carbocycles. The summed E-state index contributed by atoms with van der Waals surface area (Å²) < 4.78 is 41.4. The van der Waals surface area contributed by atoms with E-state index in [9.17, 15) is 18.0 Å². The maximum absolute atomic E-state index is 12.3. The van der Waals surface area contributed by atoms with Crippen LogP contribution in [0.1, 0.15) is 24.4 Å². The number of hydrogen-bond donors (Lipinski definition) is 2. The average Bonchev–Trinajstić information content (AvgIpc) is 2.59. The normalized spacial score (nSPS) is 28.8. The van der Waals surface area contributed by atoms with Gasteiger partial charge in [0.2, 0.25) is 5.76 Å². The van der Waals surface area contributed by atoms with Crippen LogP contribution in [0, 0.1) is 0 Å². The largest absolute Gasteiger partial charge is 0.480 e. The summed E-state index contributed by atoms with van der Waals surface area (Å²) in [6.45, 7) is 0. The third kappa shape index (κ3) is 1.80. The predicted molar refractivity (Wildman–Crippen MR) is 48.3 cm³/mol. The lowest BCUT2D eigenvalue weighted by atomic mass is 9.65. The fraction of sp³-hybridized carbons (Fsp3) is 0.500. The maximum Gasteiger partial charge on any atom is 0.449 e. The van der Waals surface area contributed by atoms with Gasteiger partial charge in [0.25, 0.3) is 0 Å². The smallest absolute Gasteiger partial charge is 0.449 e. The molecule has 0 atom stereocenters. The lowest BCUT2D eigenvalue weighted by Gasteiger charge is -2.39. The molecule has 94 valence electrons. The number of carbonyl (C=O) groups is 1. The molecular weight excluding hydrogens is 241 g/mol. The summed E-state index contributed by atoms with van der Waals surface area (Å²) >= 11 is 0. The van der Waals surface area contributed by atoms with Gasteiger partial charge >= 0.3 is 12.1 Å². The first-order valence-corrected chi connectivity index (χ1v) is 4.85. The van der Waals surface area contributed by atoms with Crippen molar-refractivity contribution in [3.63, 3.8) is 0 Å². The Morgan fingerprint density at radius 2 is 2.00 bits per heavy atom. The fourth-order valence-electron chi connectivity index (χ4n) is 1.97. The van der Waals surface area contributed by atoms with Crippen molar-refractivity contribution < 1.29 is 32.6 Å². The van der Waals surface area contributed by atoms with Crippen molar-refractivity contribution in [1.82, 2.24) is 0 Å². The molecule has 1 heterocycles. The first-order valence-electron chi connectivity index (χ1n) is 4.85. The second kappa shape index (κ2) is 3.49. The van der Waals surface area contributed by atoms with Crippen molar-refractivity contribution >= 4 is 5.97 Å². The molecule has 0 bridgehead atoms. The van der Waals surface area contributed by atoms with Gasteiger partial charge in [-0.05, 0) is 25.0 Å². The van der Waals surface area contributed by atoms with Crippen LogP contribution in [-0.4, -0.2) is 22.3 Å². The molecule has 0 spiro atoms. The minimum absolute atomic E-state index is 0.132. The summed E-state index contributed by atoms with van der Waals surface area (Å²) in [6, 6.07) is 1.70. The first kappa shape index (κ1) is 12.0. The van der Waals surface area contributed by atoms with Crippen LogP contribution in [0.15, 0.2) is 16.5 Å². The van der Waals surface area contributed by atoms with Gasteiger partial charge in [0.1, 0.15) is 11.2 Å². The van der Waals surface area contributed by atoms with Crippen LogP contribution < -0.4 is 0 Å². The number of aliphatic carboxylic acids is 1. The molecule has 2 rings (SSSR count). The van der Waals surface area contributed by atoms with Crippen LogP contribution >= 0.6 is 0 Å². The number of aliphatic hydroxyl groups is 1. The topological polar surface area (TPSA) is 70.7 Å². The van der Waals surface area contributed by atoms with Crippen LogP contribution in [0.5, 0.6) is 0 Å². The Labute approximate surface area is 93.7 Å². The van der Waals surface area contributed by atoms with E-state index in [0.717, 1.165) is 6.07 Å². The number of furan rings is 1. The summed E-state index contributed by atoms with van der Waals surface area (Å²) in [4.78, 5) is 11.1. The SMILES string of the molecule is O=C(O)C1(c2ccc(C(F)(F)F)o2)CC(O)C1. The summed E-state index contributed by atoms with van der Waals surface area (Å²) in [6.07, 6.45) is -5.72. The molecule has 1 aromatic heterocycles. The number of alkyl halides is 3. The molecule has 0 saturated heterocycles. The van der Waals surface area contributed by atoms with Gasteiger partial charge in [-0.3, -0.25) is 4.79 Å². The predicted octanol–water partition coefficient (Wildman–Crippen LogP) is 1.78. The monoisotopic (exact) mass is 250 g/mol. The summed E-state index contributed by atoms with van der Waals surface area (Å²) in [5.74, 6) is -2.77. The number of carboxylic acids is 1. The van der Waals surface area contributed by atoms with Crippen molar-refractivity contribution in [1.29, 1.82) is 0 Å². The molecule has 0 aliphatic heterocycles. The maximum atomic E-state index is 12.3. The summed E-state index contributed by atoms with van der Waals surface area (Å²) in [7, 11) is 0. The molecule has 1 fully saturated rings. The van der Waals surface area contributed by atoms with Crippen LogP contribution in [-0.2, 0) is 16.4 Å². The lowest BCUT2D eigenvalue weighted by Crippen LogP contribution is -2.50. The Balaban J connectivity index is 2.34.